The molecule has 3 rings (SSSR count). The van der Waals surface area contributed by atoms with Gasteiger partial charge in [0.05, 0.1) is 9.83 Å². The zero-order valence-corrected chi connectivity index (χ0v) is 18.7. The fourth-order valence-corrected chi connectivity index (χ4v) is 4.87. The Morgan fingerprint density at radius 3 is 2.53 bits per heavy atom. The van der Waals surface area contributed by atoms with Crippen molar-refractivity contribution in [1.29, 1.82) is 0 Å². The number of carboxylic acid groups (broad SMARTS) is 1. The van der Waals surface area contributed by atoms with Crippen LogP contribution in [0.5, 0.6) is 5.75 Å². The smallest absolute Gasteiger partial charge is 0.339 e. The molecule has 0 saturated carbocycles. The zero-order valence-electron chi connectivity index (χ0n) is 16.3. The van der Waals surface area contributed by atoms with Crippen LogP contribution in [0.4, 0.5) is 5.69 Å². The molecule has 1 N–H and O–H groups in total. The predicted molar refractivity (Wildman–Crippen MR) is 120 cm³/mol. The van der Waals surface area contributed by atoms with Crippen LogP contribution in [-0.2, 0) is 19.7 Å². The van der Waals surface area contributed by atoms with Crippen LogP contribution in [0.1, 0.15) is 11.1 Å². The van der Waals surface area contributed by atoms with E-state index in [9.17, 15) is 28.1 Å². The quantitative estimate of drug-likeness (QED) is 0.200. The van der Waals surface area contributed by atoms with Gasteiger partial charge in [-0.3, -0.25) is 24.6 Å². The second-order valence-electron chi connectivity index (χ2n) is 6.47. The van der Waals surface area contributed by atoms with Gasteiger partial charge in [0.2, 0.25) is 0 Å². The van der Waals surface area contributed by atoms with E-state index in [4.69, 9.17) is 21.5 Å². The number of hydrogen-bond donors (Lipinski definition) is 1. The van der Waals surface area contributed by atoms with E-state index < -0.39 is 33.5 Å². The number of carbonyl (C=O) groups excluding carboxylic acids is 1. The van der Waals surface area contributed by atoms with Crippen molar-refractivity contribution in [2.75, 3.05) is 6.54 Å². The molecule has 0 atom stereocenters. The summed E-state index contributed by atoms with van der Waals surface area (Å²) in [6.07, 6.45) is 1.49. The first kappa shape index (κ1) is 23.4. The van der Waals surface area contributed by atoms with Crippen molar-refractivity contribution in [3.8, 4) is 5.75 Å². The number of carbonyl (C=O) groups is 2. The van der Waals surface area contributed by atoms with Gasteiger partial charge in [-0.05, 0) is 36.8 Å². The molecule has 0 bridgehead atoms. The van der Waals surface area contributed by atoms with Gasteiger partial charge in [-0.1, -0.05) is 42.2 Å². The molecule has 1 fully saturated rings. The van der Waals surface area contributed by atoms with Crippen LogP contribution in [-0.4, -0.2) is 46.1 Å². The summed E-state index contributed by atoms with van der Waals surface area (Å²) in [7, 11) is -4.31. The molecule has 0 aliphatic carbocycles. The first-order valence-electron chi connectivity index (χ1n) is 8.74. The molecular weight excluding hydrogens is 480 g/mol. The maximum atomic E-state index is 12.5. The molecule has 166 valence electrons. The minimum atomic E-state index is -4.31. The molecule has 10 nitrogen and oxygen atoms in total. The summed E-state index contributed by atoms with van der Waals surface area (Å²) < 4.78 is 30.1. The van der Waals surface area contributed by atoms with Crippen LogP contribution in [0.25, 0.3) is 6.08 Å². The van der Waals surface area contributed by atoms with Crippen molar-refractivity contribution < 1.29 is 32.2 Å². The first-order chi connectivity index (χ1) is 15.0. The third kappa shape index (κ3) is 5.12. The lowest BCUT2D eigenvalue weighted by molar-refractivity contribution is -0.385. The van der Waals surface area contributed by atoms with E-state index in [0.717, 1.165) is 22.7 Å². The number of nitro benzene ring substituents is 1. The predicted octanol–water partition coefficient (Wildman–Crippen LogP) is 2.96. The molecule has 13 heteroatoms. The highest BCUT2D eigenvalue weighted by molar-refractivity contribution is 8.26. The Balaban J connectivity index is 1.78. The highest BCUT2D eigenvalue weighted by Crippen LogP contribution is 2.33. The number of carboxylic acids is 1. The topological polar surface area (TPSA) is 144 Å². The Kier molecular flexibility index (Phi) is 6.62. The summed E-state index contributed by atoms with van der Waals surface area (Å²) in [4.78, 5) is 34.4. The van der Waals surface area contributed by atoms with E-state index in [-0.39, 0.29) is 25.6 Å². The van der Waals surface area contributed by atoms with Gasteiger partial charge < -0.3 is 9.29 Å². The van der Waals surface area contributed by atoms with Gasteiger partial charge in [-0.2, -0.15) is 8.42 Å². The number of hydrogen-bond acceptors (Lipinski definition) is 9. The second-order valence-corrected chi connectivity index (χ2v) is 9.70. The van der Waals surface area contributed by atoms with Gasteiger partial charge >= 0.3 is 16.1 Å². The minimum Gasteiger partial charge on any atom is -0.480 e. The Hall–Kier alpha value is -3.29. The molecule has 1 aliphatic heterocycles. The minimum absolute atomic E-state index is 0.0381. The highest BCUT2D eigenvalue weighted by atomic mass is 32.2. The maximum absolute atomic E-state index is 12.5. The summed E-state index contributed by atoms with van der Waals surface area (Å²) in [5.41, 5.74) is 0.494. The van der Waals surface area contributed by atoms with Gasteiger partial charge in [0.1, 0.15) is 21.5 Å². The van der Waals surface area contributed by atoms with E-state index in [1.165, 1.54) is 49.4 Å². The zero-order chi connectivity index (χ0) is 23.6. The van der Waals surface area contributed by atoms with Crippen LogP contribution >= 0.6 is 24.0 Å². The number of aryl methyl sites for hydroxylation is 1. The van der Waals surface area contributed by atoms with Crippen molar-refractivity contribution >= 4 is 62.1 Å². The third-order valence-corrected chi connectivity index (χ3v) is 6.84. The Bertz CT molecular complexity index is 1270. The van der Waals surface area contributed by atoms with Gasteiger partial charge in [0.25, 0.3) is 11.6 Å². The SMILES string of the molecule is Cc1ccc(S(=O)(=O)Oc2ccc(/C=C3/SC(=S)N(CC(=O)O)C3=O)cc2)cc1[N+](=O)[O-]. The average Bonchev–Trinajstić information content (AvgIpc) is 2.96. The lowest BCUT2D eigenvalue weighted by Gasteiger charge is -2.10. The molecular formula is C19H14N2O8S3. The van der Waals surface area contributed by atoms with E-state index in [0.29, 0.717) is 11.1 Å². The fourth-order valence-electron chi connectivity index (χ4n) is 2.66. The molecule has 1 aliphatic rings. The number of rotatable bonds is 7. The maximum Gasteiger partial charge on any atom is 0.339 e. The molecule has 1 heterocycles. The average molecular weight is 495 g/mol. The van der Waals surface area contributed by atoms with Gasteiger partial charge in [0, 0.05) is 11.6 Å². The number of aliphatic carboxylic acids is 1. The number of nitrogens with zero attached hydrogens (tertiary/aromatic N) is 2. The molecule has 32 heavy (non-hydrogen) atoms. The summed E-state index contributed by atoms with van der Waals surface area (Å²) in [5.74, 6) is -1.76. The molecule has 1 amide bonds. The van der Waals surface area contributed by atoms with Crippen LogP contribution in [0, 0.1) is 17.0 Å². The lowest BCUT2D eigenvalue weighted by atomic mass is 10.2. The van der Waals surface area contributed by atoms with E-state index in [2.05, 4.69) is 0 Å². The Morgan fingerprint density at radius 1 is 1.28 bits per heavy atom. The summed E-state index contributed by atoms with van der Waals surface area (Å²) in [6, 6.07) is 9.15. The lowest BCUT2D eigenvalue weighted by Crippen LogP contribution is -2.33. The molecule has 2 aromatic rings. The monoisotopic (exact) mass is 494 g/mol. The molecule has 1 saturated heterocycles. The fraction of sp³-hybridized carbons (Fsp3) is 0.105. The van der Waals surface area contributed by atoms with Crippen LogP contribution < -0.4 is 4.18 Å². The highest BCUT2D eigenvalue weighted by Gasteiger charge is 2.33. The van der Waals surface area contributed by atoms with E-state index in [1.807, 2.05) is 0 Å². The second kappa shape index (κ2) is 9.06. The number of nitro groups is 1. The van der Waals surface area contributed by atoms with Crippen molar-refractivity contribution in [2.24, 2.45) is 0 Å². The Labute approximate surface area is 191 Å². The number of amides is 1. The largest absolute Gasteiger partial charge is 0.480 e. The van der Waals surface area contributed by atoms with Gasteiger partial charge in [-0.15, -0.1) is 0 Å². The van der Waals surface area contributed by atoms with E-state index >= 15 is 0 Å². The summed E-state index contributed by atoms with van der Waals surface area (Å²) in [5, 5.41) is 19.9. The molecule has 0 spiro atoms. The van der Waals surface area contributed by atoms with Crippen molar-refractivity contribution in [1.82, 2.24) is 4.90 Å². The number of thiocarbonyl (C=S) groups is 1. The standard InChI is InChI=1S/C19H14N2O8S3/c1-11-2-7-14(9-15(11)21(25)26)32(27,28)29-13-5-3-12(4-6-13)8-16-18(24)20(10-17(22)23)19(30)31-16/h2-9H,10H2,1H3,(H,22,23)/b16-8+. The molecule has 2 aromatic carbocycles. The molecule has 0 radical (unpaired) electrons. The van der Waals surface area contributed by atoms with E-state index in [1.54, 1.807) is 0 Å². The van der Waals surface area contributed by atoms with Gasteiger partial charge in [0.15, 0.2) is 0 Å². The normalized spacial score (nSPS) is 15.3. The third-order valence-electron chi connectivity index (χ3n) is 4.22. The summed E-state index contributed by atoms with van der Waals surface area (Å²) >= 11 is 5.98. The Morgan fingerprint density at radius 2 is 1.94 bits per heavy atom. The molecule has 0 aromatic heterocycles. The van der Waals surface area contributed by atoms with Crippen LogP contribution in [0.2, 0.25) is 0 Å². The van der Waals surface area contributed by atoms with Crippen molar-refractivity contribution in [3.05, 3.63) is 68.6 Å². The van der Waals surface area contributed by atoms with Crippen molar-refractivity contribution in [3.63, 3.8) is 0 Å². The molecule has 0 unspecified atom stereocenters. The van der Waals surface area contributed by atoms with Crippen molar-refractivity contribution in [2.45, 2.75) is 11.8 Å². The first-order valence-corrected chi connectivity index (χ1v) is 11.4. The number of benzene rings is 2. The summed E-state index contributed by atoms with van der Waals surface area (Å²) in [6.45, 7) is 0.952. The van der Waals surface area contributed by atoms with Crippen LogP contribution in [0.15, 0.2) is 52.3 Å². The number of thioether (sulfide) groups is 1. The van der Waals surface area contributed by atoms with Gasteiger partial charge in [-0.25, -0.2) is 0 Å². The van der Waals surface area contributed by atoms with Crippen LogP contribution in [0.3, 0.4) is 0 Å².